The predicted molar refractivity (Wildman–Crippen MR) is 202 cm³/mol. The first-order valence-corrected chi connectivity index (χ1v) is 19.1. The van der Waals surface area contributed by atoms with Gasteiger partial charge in [0.2, 0.25) is 0 Å². The van der Waals surface area contributed by atoms with Crippen LogP contribution in [0.4, 0.5) is 0 Å². The molecule has 0 radical (unpaired) electrons. The molecule has 0 aliphatic carbocycles. The number of hydrogen-bond donors (Lipinski definition) is 1. The number of esters is 2. The topological polar surface area (TPSA) is 108 Å². The second-order valence-electron chi connectivity index (χ2n) is 10.9. The largest absolute Gasteiger partial charge is 0.472 e. The molecule has 0 amide bonds. The van der Waals surface area contributed by atoms with E-state index in [0.717, 1.165) is 71.3 Å². The number of phosphoric acid groups is 1. The number of unbranched alkanes of at least 4 members (excludes halogenated alkanes) is 2. The van der Waals surface area contributed by atoms with Gasteiger partial charge in [0.15, 0.2) is 6.10 Å². The van der Waals surface area contributed by atoms with Gasteiger partial charge in [0.25, 0.3) is 0 Å². The zero-order valence-corrected chi connectivity index (χ0v) is 30.9. The Balaban J connectivity index is 4.35. The molecule has 2 atom stereocenters. The van der Waals surface area contributed by atoms with Crippen molar-refractivity contribution in [3.8, 4) is 0 Å². The highest BCUT2D eigenvalue weighted by Crippen LogP contribution is 2.42. The first-order valence-electron chi connectivity index (χ1n) is 17.6. The Kier molecular flexibility index (Phi) is 32.2. The maximum Gasteiger partial charge on any atom is 0.472 e. The summed E-state index contributed by atoms with van der Waals surface area (Å²) in [6.07, 6.45) is 47.4. The van der Waals surface area contributed by atoms with Gasteiger partial charge in [0, 0.05) is 13.5 Å². The number of carbonyl (C=O) groups is 2. The molecule has 0 rings (SSSR count). The minimum absolute atomic E-state index is 0.00364. The molecule has 0 aromatic rings. The van der Waals surface area contributed by atoms with Crippen molar-refractivity contribution in [3.63, 3.8) is 0 Å². The Morgan fingerprint density at radius 3 is 1.47 bits per heavy atom. The van der Waals surface area contributed by atoms with E-state index in [1.807, 2.05) is 12.2 Å². The number of carbonyl (C=O) groups excluding carboxylic acids is 2. The van der Waals surface area contributed by atoms with Crippen LogP contribution in [0.25, 0.3) is 0 Å². The fraction of sp³-hybridized carbons (Fsp3) is 0.500. The summed E-state index contributed by atoms with van der Waals surface area (Å²) in [5.41, 5.74) is 0. The van der Waals surface area contributed by atoms with Gasteiger partial charge in [-0.15, -0.1) is 0 Å². The van der Waals surface area contributed by atoms with Gasteiger partial charge in [-0.1, -0.05) is 123 Å². The van der Waals surface area contributed by atoms with E-state index in [-0.39, 0.29) is 19.4 Å². The third kappa shape index (κ3) is 34.4. The predicted octanol–water partition coefficient (Wildman–Crippen LogP) is 10.7. The molecule has 0 aromatic heterocycles. The van der Waals surface area contributed by atoms with Crippen molar-refractivity contribution in [2.45, 2.75) is 110 Å². The van der Waals surface area contributed by atoms with E-state index in [4.69, 9.17) is 14.0 Å². The zero-order valence-electron chi connectivity index (χ0n) is 30.0. The van der Waals surface area contributed by atoms with Crippen LogP contribution >= 0.6 is 7.82 Å². The number of ether oxygens (including phenoxy) is 2. The molecule has 0 aromatic carbocycles. The molecular weight excluding hydrogens is 639 g/mol. The van der Waals surface area contributed by atoms with E-state index in [9.17, 15) is 19.0 Å². The quantitative estimate of drug-likeness (QED) is 0.0341. The lowest BCUT2D eigenvalue weighted by molar-refractivity contribution is -0.160. The summed E-state index contributed by atoms with van der Waals surface area (Å²) >= 11 is 0. The molecule has 1 N–H and O–H groups in total. The standard InChI is InChI=1S/C40H61O8P/c1-4-6-8-10-12-14-16-18-20-22-24-26-28-30-32-34-39(41)46-36-38(37-47-49(43,44)45-3)48-40(42)35-33-31-29-27-25-23-21-19-17-15-13-11-9-7-5-2/h6-9,12-15,18-21,24-27,31,33,38H,4-5,10-11,16-17,22-23,28-30,32,34-37H2,1-3H3,(H,43,44)/b8-6-,9-7-,14-12-,15-13-,20-18-,21-19-,26-24-,27-25-,33-31-. The van der Waals surface area contributed by atoms with Gasteiger partial charge >= 0.3 is 19.8 Å². The average molecular weight is 701 g/mol. The van der Waals surface area contributed by atoms with Crippen molar-refractivity contribution in [2.75, 3.05) is 20.3 Å². The Labute approximate surface area is 296 Å². The lowest BCUT2D eigenvalue weighted by Crippen LogP contribution is -2.29. The minimum atomic E-state index is -4.30. The lowest BCUT2D eigenvalue weighted by atomic mass is 10.2. The highest BCUT2D eigenvalue weighted by Gasteiger charge is 2.24. The van der Waals surface area contributed by atoms with Crippen molar-refractivity contribution in [2.24, 2.45) is 0 Å². The summed E-state index contributed by atoms with van der Waals surface area (Å²) in [4.78, 5) is 34.2. The molecule has 49 heavy (non-hydrogen) atoms. The minimum Gasteiger partial charge on any atom is -0.462 e. The molecule has 274 valence electrons. The van der Waals surface area contributed by atoms with Crippen LogP contribution < -0.4 is 0 Å². The fourth-order valence-electron chi connectivity index (χ4n) is 3.90. The van der Waals surface area contributed by atoms with E-state index < -0.39 is 32.5 Å². The monoisotopic (exact) mass is 700 g/mol. The maximum absolute atomic E-state index is 12.4. The summed E-state index contributed by atoms with van der Waals surface area (Å²) in [5.74, 6) is -1.02. The third-order valence-corrected chi connectivity index (χ3v) is 7.48. The van der Waals surface area contributed by atoms with Crippen LogP contribution in [-0.4, -0.2) is 43.3 Å². The SMILES string of the molecule is CC/C=C\C/C=C\C/C=C\C/C=C\C/C=C\CC(=O)OC(COC(=O)CCCC/C=C\C/C=C\C/C=C\C/C=C\CC)COP(=O)(O)OC. The van der Waals surface area contributed by atoms with Crippen LogP contribution in [-0.2, 0) is 32.7 Å². The Morgan fingerprint density at radius 2 is 1.02 bits per heavy atom. The molecule has 9 heteroatoms. The number of hydrogen-bond acceptors (Lipinski definition) is 7. The maximum atomic E-state index is 12.4. The smallest absolute Gasteiger partial charge is 0.462 e. The fourth-order valence-corrected chi connectivity index (χ4v) is 4.36. The number of phosphoric ester groups is 1. The molecule has 2 unspecified atom stereocenters. The number of rotatable bonds is 30. The van der Waals surface area contributed by atoms with Crippen molar-refractivity contribution in [1.82, 2.24) is 0 Å². The summed E-state index contributed by atoms with van der Waals surface area (Å²) in [6.45, 7) is 3.49. The molecule has 0 spiro atoms. The van der Waals surface area contributed by atoms with E-state index >= 15 is 0 Å². The van der Waals surface area contributed by atoms with Gasteiger partial charge < -0.3 is 14.4 Å². The Morgan fingerprint density at radius 1 is 0.592 bits per heavy atom. The number of allylic oxidation sites excluding steroid dienone is 17. The van der Waals surface area contributed by atoms with Crippen molar-refractivity contribution < 1.29 is 37.6 Å². The zero-order chi connectivity index (χ0) is 36.1. The van der Waals surface area contributed by atoms with Crippen LogP contribution in [0.5, 0.6) is 0 Å². The summed E-state index contributed by atoms with van der Waals surface area (Å²) in [5, 5.41) is 0. The van der Waals surface area contributed by atoms with Crippen molar-refractivity contribution >= 4 is 19.8 Å². The molecule has 0 heterocycles. The van der Waals surface area contributed by atoms with Crippen LogP contribution in [0.3, 0.4) is 0 Å². The first kappa shape index (κ1) is 45.7. The Bertz CT molecular complexity index is 1160. The van der Waals surface area contributed by atoms with Crippen LogP contribution in [0.1, 0.15) is 104 Å². The van der Waals surface area contributed by atoms with E-state index in [1.54, 1.807) is 6.08 Å². The highest BCUT2D eigenvalue weighted by molar-refractivity contribution is 7.47. The molecule has 0 bridgehead atoms. The second kappa shape index (κ2) is 34.6. The molecule has 0 aliphatic heterocycles. The molecular formula is C40H61O8P. The normalized spacial score (nSPS) is 14.8. The van der Waals surface area contributed by atoms with E-state index in [0.29, 0.717) is 12.8 Å². The van der Waals surface area contributed by atoms with Gasteiger partial charge in [-0.05, 0) is 77.0 Å². The van der Waals surface area contributed by atoms with Gasteiger partial charge in [-0.3, -0.25) is 18.6 Å². The molecule has 0 fully saturated rings. The van der Waals surface area contributed by atoms with Crippen molar-refractivity contribution in [3.05, 3.63) is 109 Å². The van der Waals surface area contributed by atoms with Crippen molar-refractivity contribution in [1.29, 1.82) is 0 Å². The summed E-state index contributed by atoms with van der Waals surface area (Å²) in [7, 11) is -3.27. The molecule has 0 saturated carbocycles. The van der Waals surface area contributed by atoms with Crippen LogP contribution in [0.15, 0.2) is 109 Å². The summed E-state index contributed by atoms with van der Waals surface area (Å²) < 4.78 is 31.6. The molecule has 8 nitrogen and oxygen atoms in total. The van der Waals surface area contributed by atoms with Gasteiger partial charge in [0.05, 0.1) is 13.0 Å². The van der Waals surface area contributed by atoms with Gasteiger partial charge in [0.1, 0.15) is 6.61 Å². The lowest BCUT2D eigenvalue weighted by Gasteiger charge is -2.19. The van der Waals surface area contributed by atoms with E-state index in [2.05, 4.69) is 110 Å². The highest BCUT2D eigenvalue weighted by atomic mass is 31.2. The van der Waals surface area contributed by atoms with Gasteiger partial charge in [-0.2, -0.15) is 0 Å². The summed E-state index contributed by atoms with van der Waals surface area (Å²) in [6, 6.07) is 0. The molecule has 0 aliphatic rings. The average Bonchev–Trinajstić information content (AvgIpc) is 3.09. The van der Waals surface area contributed by atoms with Crippen LogP contribution in [0.2, 0.25) is 0 Å². The second-order valence-corrected chi connectivity index (χ2v) is 12.5. The van der Waals surface area contributed by atoms with Crippen LogP contribution in [0, 0.1) is 0 Å². The van der Waals surface area contributed by atoms with E-state index in [1.165, 1.54) is 0 Å². The first-order chi connectivity index (χ1) is 23.8. The van der Waals surface area contributed by atoms with Gasteiger partial charge in [-0.25, -0.2) is 4.57 Å². The Hall–Kier alpha value is -3.29. The molecule has 0 saturated heterocycles. The third-order valence-electron chi connectivity index (χ3n) is 6.55.